The fourth-order valence-electron chi connectivity index (χ4n) is 2.16. The molecule has 0 saturated heterocycles. The zero-order valence-electron chi connectivity index (χ0n) is 12.9. The quantitative estimate of drug-likeness (QED) is 0.500. The van der Waals surface area contributed by atoms with Gasteiger partial charge in [0.25, 0.3) is 0 Å². The lowest BCUT2D eigenvalue weighted by atomic mass is 10.1. The fraction of sp³-hybridized carbons (Fsp3) is 0.333. The van der Waals surface area contributed by atoms with Crippen molar-refractivity contribution in [1.29, 1.82) is 0 Å². The maximum atomic E-state index is 12.6. The van der Waals surface area contributed by atoms with Gasteiger partial charge < -0.3 is 10.1 Å². The normalized spacial score (nSPS) is 12.5. The zero-order valence-corrected chi connectivity index (χ0v) is 13.7. The van der Waals surface area contributed by atoms with Crippen LogP contribution in [0.15, 0.2) is 35.9 Å². The molecular formula is C15H18ClN5O2. The van der Waals surface area contributed by atoms with Crippen LogP contribution in [-0.4, -0.2) is 38.6 Å². The SMILES string of the molecule is CCN(C(=O)C(C)C/C=N\O)c1cn(-c2cccnc2)nc1Cl. The van der Waals surface area contributed by atoms with Gasteiger partial charge in [-0.15, -0.1) is 5.16 Å². The largest absolute Gasteiger partial charge is 0.411 e. The molecule has 0 aliphatic carbocycles. The number of hydrogen-bond acceptors (Lipinski definition) is 5. The average molecular weight is 336 g/mol. The van der Waals surface area contributed by atoms with Crippen molar-refractivity contribution in [3.63, 3.8) is 0 Å². The number of hydrogen-bond donors (Lipinski definition) is 1. The van der Waals surface area contributed by atoms with Crippen molar-refractivity contribution in [2.24, 2.45) is 11.1 Å². The average Bonchev–Trinajstić information content (AvgIpc) is 2.96. The molecule has 1 N–H and O–H groups in total. The van der Waals surface area contributed by atoms with E-state index in [0.29, 0.717) is 18.7 Å². The van der Waals surface area contributed by atoms with E-state index in [1.165, 1.54) is 6.21 Å². The van der Waals surface area contributed by atoms with E-state index in [1.807, 2.05) is 13.0 Å². The van der Waals surface area contributed by atoms with Crippen molar-refractivity contribution in [3.05, 3.63) is 35.9 Å². The molecule has 0 fully saturated rings. The summed E-state index contributed by atoms with van der Waals surface area (Å²) < 4.78 is 1.58. The molecule has 1 amide bonds. The molecule has 0 aliphatic heterocycles. The maximum absolute atomic E-state index is 12.6. The number of pyridine rings is 1. The molecular weight excluding hydrogens is 318 g/mol. The molecule has 1 unspecified atom stereocenters. The van der Waals surface area contributed by atoms with Gasteiger partial charge in [0.2, 0.25) is 5.91 Å². The fourth-order valence-corrected chi connectivity index (χ4v) is 2.40. The lowest BCUT2D eigenvalue weighted by Gasteiger charge is -2.22. The standard InChI is InChI=1S/C15H18ClN5O2/c1-3-20(15(22)11(2)6-8-18-23)13-10-21(19-14(13)16)12-5-4-7-17-9-12/h4-5,7-11,23H,3,6H2,1-2H3/b18-8-. The Bertz CT molecular complexity index is 686. The summed E-state index contributed by atoms with van der Waals surface area (Å²) in [5.41, 5.74) is 1.29. The molecule has 1 atom stereocenters. The first kappa shape index (κ1) is 17.0. The van der Waals surface area contributed by atoms with E-state index in [1.54, 1.807) is 41.2 Å². The smallest absolute Gasteiger partial charge is 0.230 e. The summed E-state index contributed by atoms with van der Waals surface area (Å²) in [7, 11) is 0. The van der Waals surface area contributed by atoms with Crippen LogP contribution in [0.5, 0.6) is 0 Å². The molecule has 2 heterocycles. The van der Waals surface area contributed by atoms with Gasteiger partial charge in [0.05, 0.1) is 18.1 Å². The monoisotopic (exact) mass is 335 g/mol. The van der Waals surface area contributed by atoms with Crippen molar-refractivity contribution in [2.45, 2.75) is 20.3 Å². The number of rotatable bonds is 6. The molecule has 2 aromatic rings. The Hall–Kier alpha value is -2.41. The highest BCUT2D eigenvalue weighted by Crippen LogP contribution is 2.27. The van der Waals surface area contributed by atoms with E-state index in [0.717, 1.165) is 5.69 Å². The lowest BCUT2D eigenvalue weighted by molar-refractivity contribution is -0.121. The number of amides is 1. The molecule has 0 radical (unpaired) electrons. The van der Waals surface area contributed by atoms with E-state index in [9.17, 15) is 4.79 Å². The highest BCUT2D eigenvalue weighted by molar-refractivity contribution is 6.32. The van der Waals surface area contributed by atoms with Gasteiger partial charge in [-0.2, -0.15) is 5.10 Å². The summed E-state index contributed by atoms with van der Waals surface area (Å²) in [6.45, 7) is 4.09. The summed E-state index contributed by atoms with van der Waals surface area (Å²) in [6.07, 6.45) is 6.68. The Labute approximate surface area is 139 Å². The van der Waals surface area contributed by atoms with Crippen LogP contribution in [0, 0.1) is 5.92 Å². The van der Waals surface area contributed by atoms with Gasteiger partial charge in [-0.3, -0.25) is 9.78 Å². The van der Waals surface area contributed by atoms with Crippen LogP contribution < -0.4 is 4.90 Å². The maximum Gasteiger partial charge on any atom is 0.230 e. The summed E-state index contributed by atoms with van der Waals surface area (Å²) >= 11 is 6.21. The molecule has 0 bridgehead atoms. The third-order valence-corrected chi connectivity index (χ3v) is 3.67. The van der Waals surface area contributed by atoms with Gasteiger partial charge in [0.1, 0.15) is 5.69 Å². The Morgan fingerprint density at radius 3 is 3.00 bits per heavy atom. The van der Waals surface area contributed by atoms with Gasteiger partial charge in [0, 0.05) is 24.9 Å². The Morgan fingerprint density at radius 2 is 2.39 bits per heavy atom. The molecule has 8 heteroatoms. The van der Waals surface area contributed by atoms with Crippen LogP contribution >= 0.6 is 11.6 Å². The number of anilines is 1. The Balaban J connectivity index is 2.28. The topological polar surface area (TPSA) is 83.6 Å². The zero-order chi connectivity index (χ0) is 16.8. The van der Waals surface area contributed by atoms with Crippen molar-refractivity contribution < 1.29 is 10.0 Å². The minimum atomic E-state index is -0.330. The van der Waals surface area contributed by atoms with Crippen molar-refractivity contribution in [3.8, 4) is 5.69 Å². The summed E-state index contributed by atoms with van der Waals surface area (Å²) in [4.78, 5) is 18.2. The van der Waals surface area contributed by atoms with Gasteiger partial charge in [-0.05, 0) is 25.5 Å². The second-order valence-corrected chi connectivity index (χ2v) is 5.34. The number of nitrogens with zero attached hydrogens (tertiary/aromatic N) is 5. The second kappa shape index (κ2) is 7.73. The van der Waals surface area contributed by atoms with Crippen LogP contribution in [0.1, 0.15) is 20.3 Å². The molecule has 2 rings (SSSR count). The van der Waals surface area contributed by atoms with Crippen molar-refractivity contribution in [2.75, 3.05) is 11.4 Å². The van der Waals surface area contributed by atoms with Crippen LogP contribution in [-0.2, 0) is 4.79 Å². The number of carbonyl (C=O) groups excluding carboxylic acids is 1. The molecule has 122 valence electrons. The second-order valence-electron chi connectivity index (χ2n) is 4.98. The van der Waals surface area contributed by atoms with Crippen LogP contribution in [0.3, 0.4) is 0 Å². The molecule has 0 spiro atoms. The van der Waals surface area contributed by atoms with E-state index >= 15 is 0 Å². The minimum Gasteiger partial charge on any atom is -0.411 e. The van der Waals surface area contributed by atoms with Gasteiger partial charge in [-0.25, -0.2) is 4.68 Å². The minimum absolute atomic E-state index is 0.111. The van der Waals surface area contributed by atoms with Crippen LogP contribution in [0.25, 0.3) is 5.69 Å². The first-order chi connectivity index (χ1) is 11.1. The highest BCUT2D eigenvalue weighted by atomic mass is 35.5. The summed E-state index contributed by atoms with van der Waals surface area (Å²) in [5.74, 6) is -0.441. The lowest BCUT2D eigenvalue weighted by Crippen LogP contribution is -2.35. The Morgan fingerprint density at radius 1 is 1.61 bits per heavy atom. The molecule has 2 aromatic heterocycles. The van der Waals surface area contributed by atoms with Gasteiger partial charge in [-0.1, -0.05) is 18.5 Å². The van der Waals surface area contributed by atoms with Crippen LogP contribution in [0.4, 0.5) is 5.69 Å². The van der Waals surface area contributed by atoms with Gasteiger partial charge >= 0.3 is 0 Å². The third kappa shape index (κ3) is 3.87. The van der Waals surface area contributed by atoms with Gasteiger partial charge in [0.15, 0.2) is 5.15 Å². The van der Waals surface area contributed by atoms with Crippen molar-refractivity contribution in [1.82, 2.24) is 14.8 Å². The number of aromatic nitrogens is 3. The molecule has 7 nitrogen and oxygen atoms in total. The predicted molar refractivity (Wildman–Crippen MR) is 88.5 cm³/mol. The summed E-state index contributed by atoms with van der Waals surface area (Å²) in [5, 5.41) is 15.9. The molecule has 0 aromatic carbocycles. The van der Waals surface area contributed by atoms with Crippen molar-refractivity contribution >= 4 is 29.4 Å². The first-order valence-electron chi connectivity index (χ1n) is 7.21. The van der Waals surface area contributed by atoms with E-state index in [4.69, 9.17) is 16.8 Å². The predicted octanol–water partition coefficient (Wildman–Crippen LogP) is 2.76. The Kier molecular flexibility index (Phi) is 5.70. The van der Waals surface area contributed by atoms with E-state index in [-0.39, 0.29) is 17.0 Å². The van der Waals surface area contributed by atoms with Crippen LogP contribution in [0.2, 0.25) is 5.15 Å². The molecule has 0 saturated carbocycles. The molecule has 23 heavy (non-hydrogen) atoms. The number of oxime groups is 1. The number of carbonyl (C=O) groups is 1. The number of halogens is 1. The highest BCUT2D eigenvalue weighted by Gasteiger charge is 2.24. The van der Waals surface area contributed by atoms with E-state index in [2.05, 4.69) is 15.2 Å². The van der Waals surface area contributed by atoms with E-state index < -0.39 is 0 Å². The third-order valence-electron chi connectivity index (χ3n) is 3.40. The first-order valence-corrected chi connectivity index (χ1v) is 7.59. The summed E-state index contributed by atoms with van der Waals surface area (Å²) in [6, 6.07) is 3.64. The molecule has 0 aliphatic rings.